The van der Waals surface area contributed by atoms with Crippen LogP contribution in [0.15, 0.2) is 71.6 Å². The summed E-state index contributed by atoms with van der Waals surface area (Å²) in [5.41, 5.74) is 1.49. The summed E-state index contributed by atoms with van der Waals surface area (Å²) in [6.07, 6.45) is 4.17. The van der Waals surface area contributed by atoms with E-state index in [1.165, 1.54) is 37.8 Å². The van der Waals surface area contributed by atoms with Crippen LogP contribution in [-0.2, 0) is 27.2 Å². The third-order valence-electron chi connectivity index (χ3n) is 8.68. The van der Waals surface area contributed by atoms with E-state index >= 15 is 0 Å². The molecule has 7 rings (SSSR count). The largest absolute Gasteiger partial charge is 0.554 e. The summed E-state index contributed by atoms with van der Waals surface area (Å²) in [6.45, 7) is 2.19. The Morgan fingerprint density at radius 3 is 2.37 bits per heavy atom. The van der Waals surface area contributed by atoms with Gasteiger partial charge in [0.1, 0.15) is 35.1 Å². The van der Waals surface area contributed by atoms with Crippen molar-refractivity contribution >= 4 is 47.4 Å². The van der Waals surface area contributed by atoms with Crippen LogP contribution in [0.5, 0.6) is 11.5 Å². The molecule has 2 atom stereocenters. The lowest BCUT2D eigenvalue weighted by molar-refractivity contribution is -0.904. The summed E-state index contributed by atoms with van der Waals surface area (Å²) in [7, 11) is 3.01. The molecule has 0 radical (unpaired) electrons. The average molecular weight is 744 g/mol. The number of methoxy groups -OCH3 is 2. The summed E-state index contributed by atoms with van der Waals surface area (Å²) < 4.78 is 29.2. The number of carbonyl (C=O) groups is 3. The quantitative estimate of drug-likeness (QED) is 0.100. The summed E-state index contributed by atoms with van der Waals surface area (Å²) >= 11 is 12.8. The van der Waals surface area contributed by atoms with Crippen LogP contribution < -0.4 is 24.2 Å². The van der Waals surface area contributed by atoms with Crippen molar-refractivity contribution in [1.82, 2.24) is 9.88 Å². The van der Waals surface area contributed by atoms with E-state index in [0.717, 1.165) is 30.7 Å². The van der Waals surface area contributed by atoms with Crippen molar-refractivity contribution in [3.63, 3.8) is 0 Å². The zero-order valence-corrected chi connectivity index (χ0v) is 29.3. The van der Waals surface area contributed by atoms with Crippen LogP contribution in [0, 0.1) is 5.92 Å². The fourth-order valence-corrected chi connectivity index (χ4v) is 6.72. The van der Waals surface area contributed by atoms with Gasteiger partial charge in [-0.25, -0.2) is 14.6 Å². The van der Waals surface area contributed by atoms with Gasteiger partial charge in [-0.2, -0.15) is 0 Å². The van der Waals surface area contributed by atoms with Crippen LogP contribution in [0.25, 0.3) is 0 Å². The predicted molar refractivity (Wildman–Crippen MR) is 180 cm³/mol. The fourth-order valence-electron chi connectivity index (χ4n) is 6.11. The minimum atomic E-state index is -0.917. The fraction of sp³-hybridized carbons (Fsp3) is 0.343. The van der Waals surface area contributed by atoms with Gasteiger partial charge in [-0.1, -0.05) is 47.5 Å². The zero-order chi connectivity index (χ0) is 36.5. The smallest absolute Gasteiger partial charge is 0.415 e. The van der Waals surface area contributed by atoms with Crippen LogP contribution in [0.3, 0.4) is 0 Å². The first-order chi connectivity index (χ1) is 24.6. The Balaban J connectivity index is 0.00000162. The third-order valence-corrected chi connectivity index (χ3v) is 9.33. The lowest BCUT2D eigenvalue weighted by Gasteiger charge is -2.44. The number of para-hydroxylation sites is 1. The molecule has 3 fully saturated rings. The summed E-state index contributed by atoms with van der Waals surface area (Å²) in [6, 6.07) is 14.2. The highest BCUT2D eigenvalue weighted by atomic mass is 35.5. The van der Waals surface area contributed by atoms with E-state index in [4.69, 9.17) is 56.5 Å². The Kier molecular flexibility index (Phi) is 12.6. The number of aromatic nitrogens is 2. The van der Waals surface area contributed by atoms with Gasteiger partial charge in [-0.15, -0.1) is 0 Å². The number of ether oxygens (including phenoxy) is 4. The van der Waals surface area contributed by atoms with E-state index in [-0.39, 0.29) is 40.7 Å². The van der Waals surface area contributed by atoms with Gasteiger partial charge in [0.2, 0.25) is 18.3 Å². The van der Waals surface area contributed by atoms with Crippen molar-refractivity contribution < 1.29 is 52.8 Å². The predicted octanol–water partition coefficient (Wildman–Crippen LogP) is 4.27. The number of nitrogens with zero attached hydrogens (tertiary/aromatic N) is 4. The summed E-state index contributed by atoms with van der Waals surface area (Å²) in [5, 5.41) is 18.4. The first-order valence-electron chi connectivity index (χ1n) is 15.9. The highest BCUT2D eigenvalue weighted by molar-refractivity contribution is 6.35. The Hall–Kier alpha value is -5.05. The minimum Gasteiger partial charge on any atom is -0.554 e. The zero-order valence-electron chi connectivity index (χ0n) is 27.8. The molecule has 14 nitrogen and oxygen atoms in total. The highest BCUT2D eigenvalue weighted by Gasteiger charge is 2.38. The Bertz CT molecular complexity index is 1790. The number of hydrogen-bond acceptors (Lipinski definition) is 12. The van der Waals surface area contributed by atoms with Crippen LogP contribution in [-0.4, -0.2) is 73.6 Å². The first kappa shape index (κ1) is 37.2. The summed E-state index contributed by atoms with van der Waals surface area (Å²) in [4.78, 5) is 43.5. The first-order valence-corrected chi connectivity index (χ1v) is 16.7. The molecular formula is C35H36Cl2N4O10. The second-order valence-electron chi connectivity index (χ2n) is 11.7. The van der Waals surface area contributed by atoms with Crippen LogP contribution in [0.1, 0.15) is 46.5 Å². The maximum atomic E-state index is 13.5. The number of amides is 1. The molecule has 0 spiro atoms. The van der Waals surface area contributed by atoms with E-state index in [1.54, 1.807) is 30.3 Å². The molecule has 4 aromatic rings. The molecule has 0 saturated carbocycles. The molecule has 3 aliphatic rings. The van der Waals surface area contributed by atoms with Crippen molar-refractivity contribution in [1.29, 1.82) is 0 Å². The normalized spacial score (nSPS) is 18.1. The second kappa shape index (κ2) is 17.2. The van der Waals surface area contributed by atoms with Gasteiger partial charge in [0.15, 0.2) is 17.2 Å². The Morgan fingerprint density at radius 2 is 1.76 bits per heavy atom. The van der Waals surface area contributed by atoms with E-state index < -0.39 is 24.6 Å². The molecule has 1 amide bonds. The van der Waals surface area contributed by atoms with E-state index in [2.05, 4.69) is 9.88 Å². The maximum absolute atomic E-state index is 13.5. The second-order valence-corrected chi connectivity index (χ2v) is 12.5. The van der Waals surface area contributed by atoms with Gasteiger partial charge in [0.05, 0.1) is 14.2 Å². The summed E-state index contributed by atoms with van der Waals surface area (Å²) in [5.74, 6) is 0.569. The SMILES string of the molecule is COc1ccc([C@H](Cc2c(Cl)c[n+](O)cc2Cl)OC(=O)c2coc(CN(C(=O)O[C@H]3CN4CCC3CC4)c3ccccc3)n2)cc1OC.O=C[O-]. The van der Waals surface area contributed by atoms with Crippen molar-refractivity contribution in [2.24, 2.45) is 5.92 Å². The number of oxazole rings is 1. The van der Waals surface area contributed by atoms with Crippen LogP contribution in [0.2, 0.25) is 10.0 Å². The molecule has 0 unspecified atom stereocenters. The van der Waals surface area contributed by atoms with Crippen LogP contribution >= 0.6 is 23.2 Å². The molecular weight excluding hydrogens is 707 g/mol. The Morgan fingerprint density at radius 1 is 1.10 bits per heavy atom. The number of anilines is 1. The third kappa shape index (κ3) is 9.20. The molecule has 5 heterocycles. The number of benzene rings is 2. The Labute approximate surface area is 303 Å². The molecule has 3 aliphatic heterocycles. The monoisotopic (exact) mass is 742 g/mol. The molecule has 3 saturated heterocycles. The van der Waals surface area contributed by atoms with E-state index in [9.17, 15) is 14.8 Å². The molecule has 2 bridgehead atoms. The number of carboxylic acid groups (broad SMARTS) is 1. The standard InChI is InChI=1S/C34H35Cl2N4O8.CH2O2/c1-44-28-9-8-22(14-30(28)45-2)29(15-24-25(35)16-39(43)17-26(24)36)47-33(41)27-20-46-32(37-27)19-40(23-6-4-3-5-7-23)34(42)48-31-18-38-12-10-21(31)11-13-38;2-1-3/h3-9,14,16-17,20-21,29,31,43H,10-13,15,18-19H2,1-2H3;1H,(H,2,3)/q+1;/p-1/t29-,31-;/m0./s1. The van der Waals surface area contributed by atoms with Crippen molar-refractivity contribution in [3.8, 4) is 11.5 Å². The minimum absolute atomic E-state index is 0.0532. The van der Waals surface area contributed by atoms with Crippen molar-refractivity contribution in [2.75, 3.05) is 38.8 Å². The number of esters is 1. The van der Waals surface area contributed by atoms with Gasteiger partial charge < -0.3 is 33.3 Å². The molecule has 2 aromatic heterocycles. The number of hydrogen-bond donors (Lipinski definition) is 1. The number of piperidine rings is 3. The number of fused-ring (bicyclic) bond motifs is 3. The molecule has 270 valence electrons. The lowest BCUT2D eigenvalue weighted by atomic mass is 9.86. The van der Waals surface area contributed by atoms with Crippen LogP contribution in [0.4, 0.5) is 10.5 Å². The van der Waals surface area contributed by atoms with Gasteiger partial charge >= 0.3 is 12.1 Å². The van der Waals surface area contributed by atoms with Gasteiger partial charge in [-0.3, -0.25) is 15.0 Å². The highest BCUT2D eigenvalue weighted by Crippen LogP contribution is 2.36. The number of halogens is 2. The number of carbonyl (C=O) groups excluding carboxylic acids is 3. The van der Waals surface area contributed by atoms with Crippen molar-refractivity contribution in [3.05, 3.63) is 99.9 Å². The average Bonchev–Trinajstić information content (AvgIpc) is 3.61. The van der Waals surface area contributed by atoms with Crippen molar-refractivity contribution in [2.45, 2.75) is 38.0 Å². The molecule has 2 aromatic carbocycles. The molecule has 16 heteroatoms. The molecule has 51 heavy (non-hydrogen) atoms. The van der Waals surface area contributed by atoms with E-state index in [0.29, 0.717) is 40.8 Å². The molecule has 1 N–H and O–H groups in total. The van der Waals surface area contributed by atoms with Gasteiger partial charge in [0.25, 0.3) is 0 Å². The lowest BCUT2D eigenvalue weighted by Crippen LogP contribution is -2.53. The number of rotatable bonds is 11. The topological polar surface area (TPSA) is 168 Å². The number of pyridine rings is 1. The molecule has 0 aliphatic carbocycles. The van der Waals surface area contributed by atoms with E-state index in [1.807, 2.05) is 18.2 Å². The van der Waals surface area contributed by atoms with Gasteiger partial charge in [-0.05, 0) is 61.7 Å². The van der Waals surface area contributed by atoms with Gasteiger partial charge in [0, 0.05) is 35.4 Å². The maximum Gasteiger partial charge on any atom is 0.415 e.